The van der Waals surface area contributed by atoms with Crippen molar-refractivity contribution in [3.8, 4) is 11.4 Å². The minimum absolute atomic E-state index is 0.410. The molecule has 29 heavy (non-hydrogen) atoms. The molecule has 146 valence electrons. The highest BCUT2D eigenvalue weighted by Crippen LogP contribution is 2.22. The van der Waals surface area contributed by atoms with E-state index in [1.807, 2.05) is 44.2 Å². The van der Waals surface area contributed by atoms with E-state index in [9.17, 15) is 9.59 Å². The molecular formula is C22H20N4O3. The predicted molar refractivity (Wildman–Crippen MR) is 114 cm³/mol. The lowest BCUT2D eigenvalue weighted by Crippen LogP contribution is -2.32. The van der Waals surface area contributed by atoms with Gasteiger partial charge in [-0.3, -0.25) is 4.79 Å². The Hall–Kier alpha value is -3.87. The molecule has 2 aromatic carbocycles. The molecule has 0 amide bonds. The number of hydrogen-bond acceptors (Lipinski definition) is 4. The van der Waals surface area contributed by atoms with Gasteiger partial charge in [0.25, 0.3) is 5.56 Å². The summed E-state index contributed by atoms with van der Waals surface area (Å²) in [6.07, 6.45) is 1.54. The van der Waals surface area contributed by atoms with Crippen molar-refractivity contribution in [2.45, 2.75) is 13.8 Å². The van der Waals surface area contributed by atoms with Crippen LogP contribution in [0.15, 0.2) is 69.3 Å². The molecule has 2 aromatic heterocycles. The van der Waals surface area contributed by atoms with Crippen LogP contribution in [-0.4, -0.2) is 27.6 Å². The molecule has 2 heterocycles. The standard InChI is InChI=1S/C22H20N4O3/c1-14-12-16(15(2)25(14)17-8-10-18(29-3)11-9-17)13-23-26-21(27)19-6-4-5-7-20(19)24-22(26)28/h4-13H,1-3H3,(H,24,28). The fourth-order valence-electron chi connectivity index (χ4n) is 3.42. The number of hydrogen-bond donors (Lipinski definition) is 1. The fourth-order valence-corrected chi connectivity index (χ4v) is 3.42. The second-order valence-electron chi connectivity index (χ2n) is 6.70. The van der Waals surface area contributed by atoms with Gasteiger partial charge in [-0.05, 0) is 56.3 Å². The first-order valence-corrected chi connectivity index (χ1v) is 9.11. The lowest BCUT2D eigenvalue weighted by molar-refractivity contribution is 0.414. The average molecular weight is 388 g/mol. The van der Waals surface area contributed by atoms with E-state index in [0.29, 0.717) is 10.9 Å². The molecule has 0 aliphatic heterocycles. The Labute approximate surface area is 166 Å². The minimum Gasteiger partial charge on any atom is -0.497 e. The van der Waals surface area contributed by atoms with Crippen molar-refractivity contribution in [2.75, 3.05) is 7.11 Å². The van der Waals surface area contributed by atoms with Crippen molar-refractivity contribution in [2.24, 2.45) is 5.10 Å². The molecule has 0 radical (unpaired) electrons. The van der Waals surface area contributed by atoms with Crippen molar-refractivity contribution < 1.29 is 4.74 Å². The van der Waals surface area contributed by atoms with E-state index in [1.165, 1.54) is 6.21 Å². The molecule has 4 aromatic rings. The summed E-state index contributed by atoms with van der Waals surface area (Å²) < 4.78 is 8.14. The third-order valence-corrected chi connectivity index (χ3v) is 4.90. The van der Waals surface area contributed by atoms with E-state index in [2.05, 4.69) is 14.7 Å². The summed E-state index contributed by atoms with van der Waals surface area (Å²) in [5.74, 6) is 0.785. The molecule has 0 fully saturated rings. The highest BCUT2D eigenvalue weighted by molar-refractivity contribution is 5.82. The van der Waals surface area contributed by atoms with E-state index < -0.39 is 11.2 Å². The van der Waals surface area contributed by atoms with E-state index in [0.717, 1.165) is 33.1 Å². The van der Waals surface area contributed by atoms with Gasteiger partial charge in [0.05, 0.1) is 24.2 Å². The van der Waals surface area contributed by atoms with Gasteiger partial charge in [0, 0.05) is 22.6 Å². The molecule has 0 saturated carbocycles. The molecule has 7 nitrogen and oxygen atoms in total. The van der Waals surface area contributed by atoms with Gasteiger partial charge >= 0.3 is 5.69 Å². The zero-order valence-corrected chi connectivity index (χ0v) is 16.3. The number of nitrogens with zero attached hydrogens (tertiary/aromatic N) is 3. The van der Waals surface area contributed by atoms with Crippen LogP contribution in [0.2, 0.25) is 0 Å². The van der Waals surface area contributed by atoms with Crippen LogP contribution in [0.3, 0.4) is 0 Å². The second kappa shape index (κ2) is 7.27. The number of methoxy groups -OCH3 is 1. The quantitative estimate of drug-likeness (QED) is 0.546. The zero-order chi connectivity index (χ0) is 20.5. The van der Waals surface area contributed by atoms with Crippen LogP contribution < -0.4 is 16.0 Å². The van der Waals surface area contributed by atoms with Crippen molar-refractivity contribution >= 4 is 17.1 Å². The van der Waals surface area contributed by atoms with Gasteiger partial charge in [-0.2, -0.15) is 5.10 Å². The van der Waals surface area contributed by atoms with Gasteiger partial charge in [0.1, 0.15) is 5.75 Å². The van der Waals surface area contributed by atoms with Crippen LogP contribution in [-0.2, 0) is 0 Å². The third kappa shape index (κ3) is 3.27. The SMILES string of the molecule is COc1ccc(-n2c(C)cc(C=Nn3c(=O)[nH]c4ccccc4c3=O)c2C)cc1. The average Bonchev–Trinajstić information content (AvgIpc) is 3.01. The van der Waals surface area contributed by atoms with Crippen LogP contribution in [0, 0.1) is 13.8 Å². The Morgan fingerprint density at radius 3 is 2.48 bits per heavy atom. The maximum atomic E-state index is 12.6. The number of aryl methyl sites for hydroxylation is 1. The molecule has 0 atom stereocenters. The Bertz CT molecular complexity index is 1340. The van der Waals surface area contributed by atoms with Gasteiger partial charge in [0.2, 0.25) is 0 Å². The van der Waals surface area contributed by atoms with E-state index in [4.69, 9.17) is 4.74 Å². The Morgan fingerprint density at radius 1 is 1.03 bits per heavy atom. The van der Waals surface area contributed by atoms with Crippen LogP contribution >= 0.6 is 0 Å². The summed E-state index contributed by atoms with van der Waals surface area (Å²) in [4.78, 5) is 27.6. The zero-order valence-electron chi connectivity index (χ0n) is 16.3. The summed E-state index contributed by atoms with van der Waals surface area (Å²) in [5, 5.41) is 4.57. The first-order valence-electron chi connectivity index (χ1n) is 9.11. The molecule has 0 bridgehead atoms. The van der Waals surface area contributed by atoms with E-state index in [1.54, 1.807) is 31.4 Å². The summed E-state index contributed by atoms with van der Waals surface area (Å²) in [6, 6.07) is 16.6. The Morgan fingerprint density at radius 2 is 1.76 bits per heavy atom. The molecule has 1 N–H and O–H groups in total. The largest absolute Gasteiger partial charge is 0.497 e. The molecule has 7 heteroatoms. The molecule has 0 aliphatic carbocycles. The van der Waals surface area contributed by atoms with Gasteiger partial charge in [-0.25, -0.2) is 4.79 Å². The van der Waals surface area contributed by atoms with Crippen LogP contribution in [0.25, 0.3) is 16.6 Å². The van der Waals surface area contributed by atoms with Gasteiger partial charge in [-0.1, -0.05) is 12.1 Å². The second-order valence-corrected chi connectivity index (χ2v) is 6.70. The summed E-state index contributed by atoms with van der Waals surface area (Å²) in [5.41, 5.74) is 3.22. The van der Waals surface area contributed by atoms with Gasteiger partial charge < -0.3 is 14.3 Å². The number of H-pyrrole nitrogens is 1. The Balaban J connectivity index is 1.76. The molecule has 0 aliphatic rings. The summed E-state index contributed by atoms with van der Waals surface area (Å²) in [6.45, 7) is 3.95. The lowest BCUT2D eigenvalue weighted by atomic mass is 10.2. The number of rotatable bonds is 4. The van der Waals surface area contributed by atoms with Crippen LogP contribution in [0.5, 0.6) is 5.75 Å². The number of para-hydroxylation sites is 1. The highest BCUT2D eigenvalue weighted by Gasteiger charge is 2.11. The molecule has 4 rings (SSSR count). The molecule has 0 saturated heterocycles. The summed E-state index contributed by atoms with van der Waals surface area (Å²) >= 11 is 0. The van der Waals surface area contributed by atoms with Crippen LogP contribution in [0.1, 0.15) is 17.0 Å². The third-order valence-electron chi connectivity index (χ3n) is 4.90. The highest BCUT2D eigenvalue weighted by atomic mass is 16.5. The summed E-state index contributed by atoms with van der Waals surface area (Å²) in [7, 11) is 1.63. The number of aromatic nitrogens is 3. The van der Waals surface area contributed by atoms with Crippen LogP contribution in [0.4, 0.5) is 0 Å². The maximum Gasteiger partial charge on any atom is 0.349 e. The lowest BCUT2D eigenvalue weighted by Gasteiger charge is -2.10. The number of benzene rings is 2. The predicted octanol–water partition coefficient (Wildman–Crippen LogP) is 2.99. The first kappa shape index (κ1) is 18.5. The Kier molecular flexibility index (Phi) is 4.64. The topological polar surface area (TPSA) is 81.4 Å². The number of nitrogens with one attached hydrogen (secondary N) is 1. The van der Waals surface area contributed by atoms with Crippen molar-refractivity contribution in [3.05, 3.63) is 92.4 Å². The minimum atomic E-state index is -0.575. The normalized spacial score (nSPS) is 11.4. The monoisotopic (exact) mass is 388 g/mol. The molecule has 0 spiro atoms. The fraction of sp³-hybridized carbons (Fsp3) is 0.136. The van der Waals surface area contributed by atoms with Crippen molar-refractivity contribution in [1.82, 2.24) is 14.2 Å². The van der Waals surface area contributed by atoms with Gasteiger partial charge in [0.15, 0.2) is 0 Å². The first-order chi connectivity index (χ1) is 14.0. The van der Waals surface area contributed by atoms with E-state index in [-0.39, 0.29) is 0 Å². The number of fused-ring (bicyclic) bond motifs is 1. The number of ether oxygens (including phenoxy) is 1. The maximum absolute atomic E-state index is 12.6. The number of aromatic amines is 1. The van der Waals surface area contributed by atoms with Gasteiger partial charge in [-0.15, -0.1) is 4.68 Å². The van der Waals surface area contributed by atoms with Crippen molar-refractivity contribution in [3.63, 3.8) is 0 Å². The smallest absolute Gasteiger partial charge is 0.349 e. The van der Waals surface area contributed by atoms with E-state index >= 15 is 0 Å². The van der Waals surface area contributed by atoms with Crippen molar-refractivity contribution in [1.29, 1.82) is 0 Å². The molecular weight excluding hydrogens is 368 g/mol. The molecule has 0 unspecified atom stereocenters.